The molecular weight excluding hydrogens is 331 g/mol. The van der Waals surface area contributed by atoms with Gasteiger partial charge in [-0.2, -0.15) is 0 Å². The number of halogens is 1. The number of anilines is 1. The molecule has 1 heterocycles. The van der Waals surface area contributed by atoms with Crippen molar-refractivity contribution in [2.45, 2.75) is 6.42 Å². The van der Waals surface area contributed by atoms with E-state index in [0.29, 0.717) is 10.9 Å². The number of carbonyl (C=O) groups excluding carboxylic acids is 1. The van der Waals surface area contributed by atoms with E-state index in [1.165, 1.54) is 35.6 Å². The van der Waals surface area contributed by atoms with Gasteiger partial charge in [-0.05, 0) is 42.5 Å². The molecule has 1 amide bonds. The number of hydrogen-bond acceptors (Lipinski definition) is 5. The SMILES string of the molecule is COc1ccc2nc(NC(=O)CCOc3ccc(F)cc3)sc2c1. The Kier molecular flexibility index (Phi) is 4.90. The van der Waals surface area contributed by atoms with E-state index in [2.05, 4.69) is 10.3 Å². The van der Waals surface area contributed by atoms with E-state index in [4.69, 9.17) is 9.47 Å². The van der Waals surface area contributed by atoms with Crippen LogP contribution < -0.4 is 14.8 Å². The van der Waals surface area contributed by atoms with Gasteiger partial charge < -0.3 is 14.8 Å². The molecule has 1 N–H and O–H groups in total. The summed E-state index contributed by atoms with van der Waals surface area (Å²) >= 11 is 1.38. The van der Waals surface area contributed by atoms with Crippen LogP contribution in [0, 0.1) is 5.82 Å². The van der Waals surface area contributed by atoms with Crippen LogP contribution in [0.2, 0.25) is 0 Å². The number of methoxy groups -OCH3 is 1. The number of amides is 1. The van der Waals surface area contributed by atoms with Crippen LogP contribution in [0.15, 0.2) is 42.5 Å². The lowest BCUT2D eigenvalue weighted by atomic mass is 10.3. The molecule has 0 radical (unpaired) electrons. The predicted octanol–water partition coefficient (Wildman–Crippen LogP) is 3.85. The number of nitrogens with one attached hydrogen (secondary N) is 1. The highest BCUT2D eigenvalue weighted by molar-refractivity contribution is 7.22. The van der Waals surface area contributed by atoms with Crippen molar-refractivity contribution in [2.75, 3.05) is 19.0 Å². The molecule has 0 unspecified atom stereocenters. The Morgan fingerprint density at radius 3 is 2.71 bits per heavy atom. The number of hydrogen-bond donors (Lipinski definition) is 1. The lowest BCUT2D eigenvalue weighted by Crippen LogP contribution is -2.15. The maximum atomic E-state index is 12.8. The van der Waals surface area contributed by atoms with Gasteiger partial charge in [0.05, 0.1) is 30.4 Å². The van der Waals surface area contributed by atoms with E-state index in [9.17, 15) is 9.18 Å². The molecule has 0 aliphatic heterocycles. The van der Waals surface area contributed by atoms with Crippen LogP contribution in [0.25, 0.3) is 10.2 Å². The van der Waals surface area contributed by atoms with Crippen molar-refractivity contribution in [3.05, 3.63) is 48.3 Å². The van der Waals surface area contributed by atoms with E-state index in [1.807, 2.05) is 18.2 Å². The second-order valence-corrected chi connectivity index (χ2v) is 5.98. The summed E-state index contributed by atoms with van der Waals surface area (Å²) in [6.45, 7) is 0.205. The minimum Gasteiger partial charge on any atom is -0.497 e. The first-order chi connectivity index (χ1) is 11.6. The highest BCUT2D eigenvalue weighted by Gasteiger charge is 2.09. The maximum Gasteiger partial charge on any atom is 0.229 e. The second-order valence-electron chi connectivity index (χ2n) is 4.95. The monoisotopic (exact) mass is 346 g/mol. The average molecular weight is 346 g/mol. The van der Waals surface area contributed by atoms with Crippen molar-refractivity contribution in [1.82, 2.24) is 4.98 Å². The fraction of sp³-hybridized carbons (Fsp3) is 0.176. The molecule has 0 saturated heterocycles. The van der Waals surface area contributed by atoms with Crippen LogP contribution >= 0.6 is 11.3 Å². The molecule has 3 rings (SSSR count). The molecule has 3 aromatic rings. The normalized spacial score (nSPS) is 10.6. The molecule has 0 saturated carbocycles. The summed E-state index contributed by atoms with van der Waals surface area (Å²) < 4.78 is 24.3. The van der Waals surface area contributed by atoms with Gasteiger partial charge in [0.15, 0.2) is 5.13 Å². The Bertz CT molecular complexity index is 849. The van der Waals surface area contributed by atoms with Crippen molar-refractivity contribution < 1.29 is 18.7 Å². The Balaban J connectivity index is 1.53. The topological polar surface area (TPSA) is 60.5 Å². The van der Waals surface area contributed by atoms with Gasteiger partial charge in [0.25, 0.3) is 0 Å². The van der Waals surface area contributed by atoms with Crippen LogP contribution in [-0.2, 0) is 4.79 Å². The first kappa shape index (κ1) is 16.2. The fourth-order valence-corrected chi connectivity index (χ4v) is 2.97. The lowest BCUT2D eigenvalue weighted by molar-refractivity contribution is -0.116. The smallest absolute Gasteiger partial charge is 0.229 e. The summed E-state index contributed by atoms with van der Waals surface area (Å²) in [4.78, 5) is 16.3. The molecule has 5 nitrogen and oxygen atoms in total. The number of nitrogens with zero attached hydrogens (tertiary/aromatic N) is 1. The van der Waals surface area contributed by atoms with Crippen LogP contribution in [0.1, 0.15) is 6.42 Å². The molecule has 24 heavy (non-hydrogen) atoms. The van der Waals surface area contributed by atoms with Gasteiger partial charge >= 0.3 is 0 Å². The van der Waals surface area contributed by atoms with E-state index < -0.39 is 0 Å². The van der Waals surface area contributed by atoms with Crippen molar-refractivity contribution >= 4 is 32.6 Å². The average Bonchev–Trinajstić information content (AvgIpc) is 2.97. The highest BCUT2D eigenvalue weighted by Crippen LogP contribution is 2.29. The maximum absolute atomic E-state index is 12.8. The van der Waals surface area contributed by atoms with Crippen molar-refractivity contribution in [3.63, 3.8) is 0 Å². The number of fused-ring (bicyclic) bond motifs is 1. The first-order valence-electron chi connectivity index (χ1n) is 7.27. The Morgan fingerprint density at radius 1 is 1.21 bits per heavy atom. The van der Waals surface area contributed by atoms with Gasteiger partial charge in [-0.1, -0.05) is 11.3 Å². The van der Waals surface area contributed by atoms with E-state index in [1.54, 1.807) is 7.11 Å². The first-order valence-corrected chi connectivity index (χ1v) is 8.08. The van der Waals surface area contributed by atoms with Crippen molar-refractivity contribution in [1.29, 1.82) is 0 Å². The largest absolute Gasteiger partial charge is 0.497 e. The zero-order valence-corrected chi connectivity index (χ0v) is 13.7. The number of thiazole rings is 1. The predicted molar refractivity (Wildman–Crippen MR) is 91.3 cm³/mol. The van der Waals surface area contributed by atoms with Crippen LogP contribution in [0.5, 0.6) is 11.5 Å². The van der Waals surface area contributed by atoms with E-state index in [-0.39, 0.29) is 24.8 Å². The van der Waals surface area contributed by atoms with Gasteiger partial charge in [0.2, 0.25) is 5.91 Å². The number of ether oxygens (including phenoxy) is 2. The summed E-state index contributed by atoms with van der Waals surface area (Å²) in [6, 6.07) is 11.2. The third-order valence-electron chi connectivity index (χ3n) is 3.25. The fourth-order valence-electron chi connectivity index (χ4n) is 2.06. The molecule has 0 spiro atoms. The standard InChI is InChI=1S/C17H15FN2O3S/c1-22-13-6-7-14-15(10-13)24-17(19-14)20-16(21)8-9-23-12-4-2-11(18)3-5-12/h2-7,10H,8-9H2,1H3,(H,19,20,21). The molecule has 2 aromatic carbocycles. The zero-order valence-electron chi connectivity index (χ0n) is 12.9. The number of rotatable bonds is 6. The molecule has 0 atom stereocenters. The van der Waals surface area contributed by atoms with Crippen LogP contribution in [-0.4, -0.2) is 24.6 Å². The van der Waals surface area contributed by atoms with Crippen LogP contribution in [0.3, 0.4) is 0 Å². The molecule has 7 heteroatoms. The molecule has 1 aromatic heterocycles. The summed E-state index contributed by atoms with van der Waals surface area (Å²) in [5, 5.41) is 3.28. The zero-order chi connectivity index (χ0) is 16.9. The molecule has 0 aliphatic carbocycles. The minimum atomic E-state index is -0.326. The third kappa shape index (κ3) is 3.99. The molecule has 0 fully saturated rings. The van der Waals surface area contributed by atoms with Gasteiger partial charge in [-0.25, -0.2) is 9.37 Å². The van der Waals surface area contributed by atoms with E-state index in [0.717, 1.165) is 16.0 Å². The van der Waals surface area contributed by atoms with Gasteiger partial charge in [-0.3, -0.25) is 4.79 Å². The second kappa shape index (κ2) is 7.27. The summed E-state index contributed by atoms with van der Waals surface area (Å²) in [5.41, 5.74) is 0.804. The van der Waals surface area contributed by atoms with Gasteiger partial charge in [0.1, 0.15) is 17.3 Å². The number of carbonyl (C=O) groups is 1. The Labute approximate surface area is 142 Å². The van der Waals surface area contributed by atoms with Crippen molar-refractivity contribution in [3.8, 4) is 11.5 Å². The molecule has 0 aliphatic rings. The third-order valence-corrected chi connectivity index (χ3v) is 4.19. The minimum absolute atomic E-state index is 0.177. The lowest BCUT2D eigenvalue weighted by Gasteiger charge is -2.05. The van der Waals surface area contributed by atoms with Crippen LogP contribution in [0.4, 0.5) is 9.52 Å². The number of benzene rings is 2. The quantitative estimate of drug-likeness (QED) is 0.736. The number of aromatic nitrogens is 1. The molecular formula is C17H15FN2O3S. The highest BCUT2D eigenvalue weighted by atomic mass is 32.1. The molecule has 0 bridgehead atoms. The summed E-state index contributed by atoms with van der Waals surface area (Å²) in [7, 11) is 1.60. The van der Waals surface area contributed by atoms with E-state index >= 15 is 0 Å². The van der Waals surface area contributed by atoms with Crippen molar-refractivity contribution in [2.24, 2.45) is 0 Å². The van der Waals surface area contributed by atoms with Gasteiger partial charge in [-0.15, -0.1) is 0 Å². The molecule has 124 valence electrons. The Morgan fingerprint density at radius 2 is 1.96 bits per heavy atom. The summed E-state index contributed by atoms with van der Waals surface area (Å²) in [6.07, 6.45) is 0.177. The Hall–Kier alpha value is -2.67. The van der Waals surface area contributed by atoms with Gasteiger partial charge in [0, 0.05) is 0 Å². The summed E-state index contributed by atoms with van der Waals surface area (Å²) in [5.74, 6) is 0.753.